The van der Waals surface area contributed by atoms with Gasteiger partial charge in [0.2, 0.25) is 0 Å². The Morgan fingerprint density at radius 3 is 2.50 bits per heavy atom. The maximum atomic E-state index is 13.2. The first-order chi connectivity index (χ1) is 9.58. The third kappa shape index (κ3) is 4.05. The fourth-order valence-electron chi connectivity index (χ4n) is 1.86. The summed E-state index contributed by atoms with van der Waals surface area (Å²) in [5.74, 6) is 0.543. The minimum atomic E-state index is -0.318. The van der Waals surface area contributed by atoms with Crippen LogP contribution in [0, 0.1) is 5.82 Å². The highest BCUT2D eigenvalue weighted by Gasteiger charge is 2.04. The van der Waals surface area contributed by atoms with Gasteiger partial charge in [0.05, 0.1) is 0 Å². The fourth-order valence-corrected chi connectivity index (χ4v) is 2.30. The van der Waals surface area contributed by atoms with Gasteiger partial charge < -0.3 is 10.5 Å². The lowest BCUT2D eigenvalue weighted by atomic mass is 10.0. The molecule has 20 heavy (non-hydrogen) atoms. The zero-order valence-electron chi connectivity index (χ0n) is 11.3. The van der Waals surface area contributed by atoms with Gasteiger partial charge in [-0.1, -0.05) is 47.1 Å². The summed E-state index contributed by atoms with van der Waals surface area (Å²) in [6, 6.07) is 12.6. The van der Waals surface area contributed by atoms with Crippen molar-refractivity contribution >= 4 is 15.9 Å². The van der Waals surface area contributed by atoms with Crippen LogP contribution in [0.5, 0.6) is 5.75 Å². The number of halogens is 2. The Labute approximate surface area is 126 Å². The second-order valence-electron chi connectivity index (χ2n) is 4.77. The molecule has 0 bridgehead atoms. The van der Waals surface area contributed by atoms with Gasteiger partial charge in [-0.15, -0.1) is 0 Å². The molecule has 0 saturated heterocycles. The van der Waals surface area contributed by atoms with Crippen LogP contribution in [0.25, 0.3) is 0 Å². The molecule has 0 aliphatic heterocycles. The lowest BCUT2D eigenvalue weighted by Gasteiger charge is -2.11. The van der Waals surface area contributed by atoms with Gasteiger partial charge in [0, 0.05) is 10.5 Å². The normalized spacial score (nSPS) is 12.2. The minimum Gasteiger partial charge on any atom is -0.489 e. The molecule has 0 spiro atoms. The molecule has 0 aliphatic rings. The van der Waals surface area contributed by atoms with E-state index in [2.05, 4.69) is 35.0 Å². The molecule has 0 radical (unpaired) electrons. The number of nitrogens with two attached hydrogens (primary N) is 1. The van der Waals surface area contributed by atoms with Gasteiger partial charge in [0.1, 0.15) is 18.2 Å². The fraction of sp³-hybridized carbons (Fsp3) is 0.250. The average molecular weight is 338 g/mol. The largest absolute Gasteiger partial charge is 0.489 e. The van der Waals surface area contributed by atoms with E-state index in [1.807, 2.05) is 12.1 Å². The van der Waals surface area contributed by atoms with Gasteiger partial charge in [0.15, 0.2) is 0 Å². The van der Waals surface area contributed by atoms with Crippen LogP contribution in [-0.2, 0) is 6.61 Å². The Balaban J connectivity index is 2.00. The first-order valence-electron chi connectivity index (χ1n) is 6.46. The Bertz CT molecular complexity index is 551. The Morgan fingerprint density at radius 2 is 1.90 bits per heavy atom. The molecule has 1 atom stereocenters. The molecular formula is C16H17BrFNO. The Kier molecular flexibility index (Phi) is 5.15. The molecule has 2 aromatic rings. The van der Waals surface area contributed by atoms with Gasteiger partial charge in [0.25, 0.3) is 0 Å². The molecule has 0 fully saturated rings. The third-order valence-corrected chi connectivity index (χ3v) is 3.60. The average Bonchev–Trinajstić information content (AvgIpc) is 2.44. The van der Waals surface area contributed by atoms with E-state index in [1.165, 1.54) is 17.7 Å². The molecule has 2 aromatic carbocycles. The van der Waals surface area contributed by atoms with Gasteiger partial charge in [-0.3, -0.25) is 0 Å². The van der Waals surface area contributed by atoms with E-state index >= 15 is 0 Å². The number of hydrogen-bond acceptors (Lipinski definition) is 2. The summed E-state index contributed by atoms with van der Waals surface area (Å²) in [4.78, 5) is 0. The van der Waals surface area contributed by atoms with Crippen molar-refractivity contribution in [3.63, 3.8) is 0 Å². The van der Waals surface area contributed by atoms with Gasteiger partial charge in [-0.25, -0.2) is 4.39 Å². The molecule has 106 valence electrons. The van der Waals surface area contributed by atoms with Crippen molar-refractivity contribution in [3.05, 3.63) is 63.9 Å². The SMILES string of the molecule is CC(CN)c1ccc(COc2cc(F)cc(Br)c2)cc1. The summed E-state index contributed by atoms with van der Waals surface area (Å²) in [6.07, 6.45) is 0. The summed E-state index contributed by atoms with van der Waals surface area (Å²) in [7, 11) is 0. The lowest BCUT2D eigenvalue weighted by molar-refractivity contribution is 0.304. The summed E-state index contributed by atoms with van der Waals surface area (Å²) in [5.41, 5.74) is 7.89. The molecule has 0 heterocycles. The van der Waals surface area contributed by atoms with Crippen molar-refractivity contribution < 1.29 is 9.13 Å². The summed E-state index contributed by atoms with van der Waals surface area (Å²) >= 11 is 3.24. The molecule has 0 saturated carbocycles. The monoisotopic (exact) mass is 337 g/mol. The van der Waals surface area contributed by atoms with Crippen LogP contribution in [0.1, 0.15) is 24.0 Å². The van der Waals surface area contributed by atoms with Crippen molar-refractivity contribution in [2.45, 2.75) is 19.4 Å². The topological polar surface area (TPSA) is 35.2 Å². The van der Waals surface area contributed by atoms with Crippen LogP contribution in [0.3, 0.4) is 0 Å². The second kappa shape index (κ2) is 6.86. The van der Waals surface area contributed by atoms with Crippen molar-refractivity contribution in [3.8, 4) is 5.75 Å². The van der Waals surface area contributed by atoms with E-state index < -0.39 is 0 Å². The molecule has 1 unspecified atom stereocenters. The van der Waals surface area contributed by atoms with Crippen molar-refractivity contribution in [2.75, 3.05) is 6.54 Å². The number of rotatable bonds is 5. The van der Waals surface area contributed by atoms with E-state index in [0.29, 0.717) is 29.3 Å². The summed E-state index contributed by atoms with van der Waals surface area (Å²) < 4.78 is 19.5. The quantitative estimate of drug-likeness (QED) is 0.886. The van der Waals surface area contributed by atoms with Crippen molar-refractivity contribution in [1.29, 1.82) is 0 Å². The van der Waals surface area contributed by atoms with Gasteiger partial charge in [-0.2, -0.15) is 0 Å². The molecule has 2 N–H and O–H groups in total. The van der Waals surface area contributed by atoms with Crippen LogP contribution in [0.2, 0.25) is 0 Å². The third-order valence-electron chi connectivity index (χ3n) is 3.14. The maximum Gasteiger partial charge on any atom is 0.128 e. The predicted molar refractivity (Wildman–Crippen MR) is 82.3 cm³/mol. The number of hydrogen-bond donors (Lipinski definition) is 1. The smallest absolute Gasteiger partial charge is 0.128 e. The van der Waals surface area contributed by atoms with Crippen molar-refractivity contribution in [2.24, 2.45) is 5.73 Å². The molecule has 4 heteroatoms. The van der Waals surface area contributed by atoms with Crippen LogP contribution >= 0.6 is 15.9 Å². The number of benzene rings is 2. The molecule has 2 nitrogen and oxygen atoms in total. The molecule has 0 amide bonds. The van der Waals surface area contributed by atoms with Crippen LogP contribution in [0.15, 0.2) is 46.9 Å². The van der Waals surface area contributed by atoms with Gasteiger partial charge in [-0.05, 0) is 35.7 Å². The highest BCUT2D eigenvalue weighted by Crippen LogP contribution is 2.22. The van der Waals surface area contributed by atoms with Crippen LogP contribution < -0.4 is 10.5 Å². The lowest BCUT2D eigenvalue weighted by Crippen LogP contribution is -2.08. The molecule has 0 aromatic heterocycles. The highest BCUT2D eigenvalue weighted by molar-refractivity contribution is 9.10. The minimum absolute atomic E-state index is 0.318. The van der Waals surface area contributed by atoms with E-state index in [0.717, 1.165) is 5.56 Å². The predicted octanol–water partition coefficient (Wildman–Crippen LogP) is 4.23. The molecule has 2 rings (SSSR count). The standard InChI is InChI=1S/C16H17BrFNO/c1-11(9-19)13-4-2-12(3-5-13)10-20-16-7-14(17)6-15(18)8-16/h2-8,11H,9-10,19H2,1H3. The highest BCUT2D eigenvalue weighted by atomic mass is 79.9. The van der Waals surface area contributed by atoms with E-state index in [-0.39, 0.29) is 5.82 Å². The zero-order valence-corrected chi connectivity index (χ0v) is 12.9. The van der Waals surface area contributed by atoms with E-state index in [4.69, 9.17) is 10.5 Å². The molecular weight excluding hydrogens is 321 g/mol. The maximum absolute atomic E-state index is 13.2. The summed E-state index contributed by atoms with van der Waals surface area (Å²) in [5, 5.41) is 0. The zero-order chi connectivity index (χ0) is 14.5. The van der Waals surface area contributed by atoms with E-state index in [9.17, 15) is 4.39 Å². The van der Waals surface area contributed by atoms with Gasteiger partial charge >= 0.3 is 0 Å². The first-order valence-corrected chi connectivity index (χ1v) is 7.25. The van der Waals surface area contributed by atoms with Crippen molar-refractivity contribution in [1.82, 2.24) is 0 Å². The number of ether oxygens (including phenoxy) is 1. The molecule has 0 aliphatic carbocycles. The van der Waals surface area contributed by atoms with Crippen LogP contribution in [-0.4, -0.2) is 6.54 Å². The van der Waals surface area contributed by atoms with E-state index in [1.54, 1.807) is 6.07 Å². The summed E-state index contributed by atoms with van der Waals surface area (Å²) in [6.45, 7) is 3.14. The first kappa shape index (κ1) is 15.0. The van der Waals surface area contributed by atoms with Crippen LogP contribution in [0.4, 0.5) is 4.39 Å². The Morgan fingerprint density at radius 1 is 1.20 bits per heavy atom. The Hall–Kier alpha value is -1.39. The second-order valence-corrected chi connectivity index (χ2v) is 5.69.